The summed E-state index contributed by atoms with van der Waals surface area (Å²) in [5.41, 5.74) is 2.33. The summed E-state index contributed by atoms with van der Waals surface area (Å²) in [6.07, 6.45) is 0. The zero-order chi connectivity index (χ0) is 25.4. The molecule has 0 saturated heterocycles. The molecule has 0 bridgehead atoms. The van der Waals surface area contributed by atoms with Crippen LogP contribution in [0.3, 0.4) is 0 Å². The fourth-order valence-electron chi connectivity index (χ4n) is 3.26. The average molecular weight is 499 g/mol. The molecule has 0 aliphatic heterocycles. The molecule has 2 aromatic carbocycles. The molecule has 11 nitrogen and oxygen atoms in total. The van der Waals surface area contributed by atoms with E-state index >= 15 is 0 Å². The highest BCUT2D eigenvalue weighted by Crippen LogP contribution is 2.22. The van der Waals surface area contributed by atoms with Crippen molar-refractivity contribution in [3.05, 3.63) is 69.5 Å². The second kappa shape index (κ2) is 12.0. The highest BCUT2D eigenvalue weighted by molar-refractivity contribution is 7.99. The van der Waals surface area contributed by atoms with Crippen LogP contribution in [0.15, 0.2) is 47.6 Å². The summed E-state index contributed by atoms with van der Waals surface area (Å²) in [7, 11) is 0. The monoisotopic (exact) mass is 498 g/mol. The van der Waals surface area contributed by atoms with E-state index < -0.39 is 4.92 Å². The van der Waals surface area contributed by atoms with E-state index in [-0.39, 0.29) is 36.4 Å². The molecular weight excluding hydrogens is 472 g/mol. The summed E-state index contributed by atoms with van der Waals surface area (Å²) in [6, 6.07) is 11.4. The third-order valence-corrected chi connectivity index (χ3v) is 5.97. The molecule has 0 spiro atoms. The van der Waals surface area contributed by atoms with Gasteiger partial charge in [0.1, 0.15) is 5.75 Å². The summed E-state index contributed by atoms with van der Waals surface area (Å²) in [5, 5.41) is 25.0. The number of aromatic nitrogens is 3. The van der Waals surface area contributed by atoms with Crippen molar-refractivity contribution in [3.8, 4) is 5.75 Å². The summed E-state index contributed by atoms with van der Waals surface area (Å²) in [4.78, 5) is 34.8. The second-order valence-electron chi connectivity index (χ2n) is 7.57. The molecule has 184 valence electrons. The number of benzene rings is 2. The Hall–Kier alpha value is -3.93. The van der Waals surface area contributed by atoms with Gasteiger partial charge in [-0.1, -0.05) is 30.0 Å². The highest BCUT2D eigenvalue weighted by Gasteiger charge is 2.15. The van der Waals surface area contributed by atoms with Crippen LogP contribution in [0.25, 0.3) is 0 Å². The van der Waals surface area contributed by atoms with E-state index in [1.807, 2.05) is 43.5 Å². The molecule has 2 amide bonds. The largest absolute Gasteiger partial charge is 0.483 e. The molecule has 0 atom stereocenters. The van der Waals surface area contributed by atoms with Gasteiger partial charge in [-0.15, -0.1) is 10.2 Å². The van der Waals surface area contributed by atoms with Crippen LogP contribution in [0, 0.1) is 24.0 Å². The fourth-order valence-corrected chi connectivity index (χ4v) is 4.08. The van der Waals surface area contributed by atoms with Crippen molar-refractivity contribution in [2.75, 3.05) is 17.7 Å². The number of amides is 2. The number of nitrogens with zero attached hydrogens (tertiary/aromatic N) is 4. The van der Waals surface area contributed by atoms with Crippen LogP contribution in [-0.2, 0) is 22.7 Å². The summed E-state index contributed by atoms with van der Waals surface area (Å²) >= 11 is 1.20. The van der Waals surface area contributed by atoms with E-state index in [4.69, 9.17) is 4.74 Å². The maximum Gasteiger partial charge on any atom is 0.269 e. The number of anilines is 1. The first-order chi connectivity index (χ1) is 16.8. The summed E-state index contributed by atoms with van der Waals surface area (Å²) in [6.45, 7) is 6.38. The Balaban J connectivity index is 1.49. The van der Waals surface area contributed by atoms with E-state index in [0.717, 1.165) is 11.1 Å². The Morgan fingerprint density at radius 2 is 1.77 bits per heavy atom. The van der Waals surface area contributed by atoms with E-state index in [9.17, 15) is 19.7 Å². The van der Waals surface area contributed by atoms with Crippen LogP contribution >= 0.6 is 11.8 Å². The number of nitro groups is 1. The fraction of sp³-hybridized carbons (Fsp3) is 0.304. The Kier molecular flexibility index (Phi) is 8.79. The van der Waals surface area contributed by atoms with Crippen molar-refractivity contribution in [2.45, 2.75) is 39.0 Å². The Bertz CT molecular complexity index is 1190. The van der Waals surface area contributed by atoms with Gasteiger partial charge in [0.25, 0.3) is 11.6 Å². The van der Waals surface area contributed by atoms with Crippen molar-refractivity contribution in [2.24, 2.45) is 0 Å². The van der Waals surface area contributed by atoms with Crippen LogP contribution in [0.4, 0.5) is 11.4 Å². The van der Waals surface area contributed by atoms with E-state index in [1.165, 1.54) is 36.0 Å². The van der Waals surface area contributed by atoms with Crippen LogP contribution < -0.4 is 15.4 Å². The van der Waals surface area contributed by atoms with Crippen LogP contribution in [0.1, 0.15) is 23.9 Å². The third kappa shape index (κ3) is 7.03. The number of para-hydroxylation sites is 1. The molecule has 0 radical (unpaired) electrons. The second-order valence-corrected chi connectivity index (χ2v) is 8.51. The molecule has 0 fully saturated rings. The first-order valence-electron chi connectivity index (χ1n) is 10.8. The van der Waals surface area contributed by atoms with Gasteiger partial charge in [-0.2, -0.15) is 0 Å². The van der Waals surface area contributed by atoms with Crippen molar-refractivity contribution < 1.29 is 19.2 Å². The number of carbonyl (C=O) groups excluding carboxylic acids is 2. The van der Waals surface area contributed by atoms with Gasteiger partial charge in [-0.05, 0) is 44.0 Å². The Morgan fingerprint density at radius 3 is 2.40 bits per heavy atom. The zero-order valence-corrected chi connectivity index (χ0v) is 20.4. The van der Waals surface area contributed by atoms with Gasteiger partial charge in [0, 0.05) is 24.4 Å². The molecule has 1 heterocycles. The average Bonchev–Trinajstić information content (AvgIpc) is 3.23. The van der Waals surface area contributed by atoms with Crippen molar-refractivity contribution in [1.29, 1.82) is 0 Å². The maximum absolute atomic E-state index is 12.3. The molecular formula is C23H26N6O5S. The number of hydrogen-bond acceptors (Lipinski definition) is 8. The molecule has 0 aliphatic rings. The number of nitrogens with one attached hydrogen (secondary N) is 2. The molecule has 0 saturated carbocycles. The molecule has 35 heavy (non-hydrogen) atoms. The van der Waals surface area contributed by atoms with Gasteiger partial charge in [0.05, 0.1) is 17.2 Å². The van der Waals surface area contributed by atoms with Crippen LogP contribution in [0.2, 0.25) is 0 Å². The predicted octanol–water partition coefficient (Wildman–Crippen LogP) is 3.25. The molecule has 2 N–H and O–H groups in total. The topological polar surface area (TPSA) is 141 Å². The molecule has 0 unspecified atom stereocenters. The quantitative estimate of drug-likeness (QED) is 0.233. The van der Waals surface area contributed by atoms with Gasteiger partial charge in [-0.25, -0.2) is 0 Å². The summed E-state index contributed by atoms with van der Waals surface area (Å²) in [5.74, 6) is 0.768. The Morgan fingerprint density at radius 1 is 1.09 bits per heavy atom. The summed E-state index contributed by atoms with van der Waals surface area (Å²) < 4.78 is 7.49. The van der Waals surface area contributed by atoms with Gasteiger partial charge in [0.15, 0.2) is 17.6 Å². The van der Waals surface area contributed by atoms with E-state index in [0.29, 0.717) is 29.0 Å². The lowest BCUT2D eigenvalue weighted by Gasteiger charge is -2.12. The minimum Gasteiger partial charge on any atom is -0.483 e. The molecule has 3 rings (SSSR count). The minimum atomic E-state index is -0.503. The number of ether oxygens (including phenoxy) is 1. The number of aryl methyl sites for hydroxylation is 2. The smallest absolute Gasteiger partial charge is 0.269 e. The zero-order valence-electron chi connectivity index (χ0n) is 19.6. The SMILES string of the molecule is CCn1c(CNC(=O)COc2c(C)cccc2C)nnc1SCC(=O)Nc1ccc([N+](=O)[O-])cc1. The first kappa shape index (κ1) is 25.7. The van der Waals surface area contributed by atoms with Crippen LogP contribution in [0.5, 0.6) is 5.75 Å². The number of hydrogen-bond donors (Lipinski definition) is 2. The van der Waals surface area contributed by atoms with Gasteiger partial charge in [-0.3, -0.25) is 19.7 Å². The van der Waals surface area contributed by atoms with Crippen molar-refractivity contribution >= 4 is 35.0 Å². The number of carbonyl (C=O) groups is 2. The van der Waals surface area contributed by atoms with E-state index in [2.05, 4.69) is 20.8 Å². The third-order valence-electron chi connectivity index (χ3n) is 5.00. The van der Waals surface area contributed by atoms with Crippen molar-refractivity contribution in [3.63, 3.8) is 0 Å². The number of rotatable bonds is 11. The van der Waals surface area contributed by atoms with Gasteiger partial charge < -0.3 is 19.9 Å². The lowest BCUT2D eigenvalue weighted by Crippen LogP contribution is -2.29. The minimum absolute atomic E-state index is 0.0510. The lowest BCUT2D eigenvalue weighted by molar-refractivity contribution is -0.384. The Labute approximate surface area is 206 Å². The number of non-ortho nitro benzene ring substituents is 1. The molecule has 1 aromatic heterocycles. The van der Waals surface area contributed by atoms with Crippen molar-refractivity contribution in [1.82, 2.24) is 20.1 Å². The lowest BCUT2D eigenvalue weighted by atomic mass is 10.1. The molecule has 0 aliphatic carbocycles. The molecule has 12 heteroatoms. The normalized spacial score (nSPS) is 10.6. The maximum atomic E-state index is 12.3. The van der Waals surface area contributed by atoms with Gasteiger partial charge >= 0.3 is 0 Å². The molecule has 3 aromatic rings. The van der Waals surface area contributed by atoms with E-state index in [1.54, 1.807) is 0 Å². The van der Waals surface area contributed by atoms with Crippen LogP contribution in [-0.4, -0.2) is 43.9 Å². The van der Waals surface area contributed by atoms with Gasteiger partial charge in [0.2, 0.25) is 5.91 Å². The highest BCUT2D eigenvalue weighted by atomic mass is 32.2. The standard InChI is InChI=1S/C23H26N6O5S/c1-4-28-19(12-24-20(30)13-34-22-15(2)6-5-7-16(22)3)26-27-23(28)35-14-21(31)25-17-8-10-18(11-9-17)29(32)33/h5-11H,4,12-14H2,1-3H3,(H,24,30)(H,25,31). The first-order valence-corrected chi connectivity index (χ1v) is 11.8. The number of thioether (sulfide) groups is 1. The predicted molar refractivity (Wildman–Crippen MR) is 131 cm³/mol. The number of nitro benzene ring substituents is 1.